The van der Waals surface area contributed by atoms with Gasteiger partial charge >= 0.3 is 10.1 Å². The van der Waals surface area contributed by atoms with Crippen LogP contribution in [0.25, 0.3) is 6.08 Å². The van der Waals surface area contributed by atoms with Crippen molar-refractivity contribution in [3.63, 3.8) is 0 Å². The number of benzene rings is 3. The van der Waals surface area contributed by atoms with E-state index in [9.17, 15) is 13.2 Å². The number of fused-ring (bicyclic) bond motifs is 1. The van der Waals surface area contributed by atoms with E-state index in [4.69, 9.17) is 18.4 Å². The summed E-state index contributed by atoms with van der Waals surface area (Å²) in [7, 11) is -0.946. The molecule has 0 aromatic heterocycles. The van der Waals surface area contributed by atoms with E-state index >= 15 is 0 Å². The maximum Gasteiger partial charge on any atom is 0.339 e. The number of carbonyl (C=O) groups is 1. The van der Waals surface area contributed by atoms with E-state index in [0.717, 1.165) is 0 Å². The molecule has 7 nitrogen and oxygen atoms in total. The summed E-state index contributed by atoms with van der Waals surface area (Å²) in [6.07, 6.45) is 1.56. The lowest BCUT2D eigenvalue weighted by atomic mass is 10.1. The summed E-state index contributed by atoms with van der Waals surface area (Å²) < 4.78 is 46.3. The fourth-order valence-electron chi connectivity index (χ4n) is 3.06. The van der Waals surface area contributed by atoms with Gasteiger partial charge in [-0.25, -0.2) is 0 Å². The maximum atomic E-state index is 12.7. The van der Waals surface area contributed by atoms with Gasteiger partial charge in [-0.15, -0.1) is 0 Å². The predicted octanol–water partition coefficient (Wildman–Crippen LogP) is 4.09. The number of methoxy groups -OCH3 is 2. The number of carbonyl (C=O) groups excluding carboxylic acids is 1. The molecule has 1 heterocycles. The van der Waals surface area contributed by atoms with Crippen molar-refractivity contribution in [2.75, 3.05) is 14.2 Å². The van der Waals surface area contributed by atoms with E-state index in [2.05, 4.69) is 0 Å². The molecule has 0 N–H and O–H groups in total. The lowest BCUT2D eigenvalue weighted by molar-refractivity contribution is 0.101. The third-order valence-electron chi connectivity index (χ3n) is 4.61. The van der Waals surface area contributed by atoms with Gasteiger partial charge in [0.05, 0.1) is 19.8 Å². The molecule has 0 aliphatic carbocycles. The predicted molar refractivity (Wildman–Crippen MR) is 113 cm³/mol. The monoisotopic (exact) mass is 438 g/mol. The van der Waals surface area contributed by atoms with Crippen molar-refractivity contribution in [2.45, 2.75) is 4.90 Å². The highest BCUT2D eigenvalue weighted by atomic mass is 32.2. The molecule has 0 spiro atoms. The fourth-order valence-corrected chi connectivity index (χ4v) is 4.00. The van der Waals surface area contributed by atoms with Gasteiger partial charge in [-0.3, -0.25) is 4.79 Å². The molecule has 0 amide bonds. The number of hydrogen-bond acceptors (Lipinski definition) is 7. The molecule has 1 aliphatic heterocycles. The van der Waals surface area contributed by atoms with Gasteiger partial charge in [-0.2, -0.15) is 8.42 Å². The van der Waals surface area contributed by atoms with Crippen molar-refractivity contribution in [3.8, 4) is 23.0 Å². The summed E-state index contributed by atoms with van der Waals surface area (Å²) in [4.78, 5) is 12.8. The van der Waals surface area contributed by atoms with E-state index in [0.29, 0.717) is 22.6 Å². The number of rotatable bonds is 6. The lowest BCUT2D eigenvalue weighted by Gasteiger charge is -2.08. The summed E-state index contributed by atoms with van der Waals surface area (Å²) in [5.41, 5.74) is 0.936. The van der Waals surface area contributed by atoms with Crippen molar-refractivity contribution in [2.24, 2.45) is 0 Å². The minimum atomic E-state index is -4.01. The normalized spacial score (nSPS) is 14.1. The molecule has 0 atom stereocenters. The molecule has 0 radical (unpaired) electrons. The molecule has 158 valence electrons. The van der Waals surface area contributed by atoms with Crippen molar-refractivity contribution in [3.05, 3.63) is 83.6 Å². The smallest absolute Gasteiger partial charge is 0.339 e. The Balaban J connectivity index is 1.61. The molecule has 0 fully saturated rings. The number of ether oxygens (including phenoxy) is 3. The first-order valence-electron chi connectivity index (χ1n) is 9.21. The van der Waals surface area contributed by atoms with Gasteiger partial charge in [-0.1, -0.05) is 18.2 Å². The second-order valence-electron chi connectivity index (χ2n) is 6.56. The summed E-state index contributed by atoms with van der Waals surface area (Å²) >= 11 is 0. The number of allylic oxidation sites excluding steroid dienone is 1. The van der Waals surface area contributed by atoms with Gasteiger partial charge in [0.2, 0.25) is 5.78 Å². The van der Waals surface area contributed by atoms with Crippen LogP contribution in [0.1, 0.15) is 15.9 Å². The minimum Gasteiger partial charge on any atom is -0.497 e. The van der Waals surface area contributed by atoms with Crippen LogP contribution in [0.3, 0.4) is 0 Å². The highest BCUT2D eigenvalue weighted by Gasteiger charge is 2.29. The Kier molecular flexibility index (Phi) is 5.39. The number of hydrogen-bond donors (Lipinski definition) is 0. The summed E-state index contributed by atoms with van der Waals surface area (Å²) in [5, 5.41) is 0. The van der Waals surface area contributed by atoms with Crippen molar-refractivity contribution in [1.82, 2.24) is 0 Å². The summed E-state index contributed by atoms with van der Waals surface area (Å²) in [5.74, 6) is 1.13. The minimum absolute atomic E-state index is 0.0275. The number of ketones is 1. The van der Waals surface area contributed by atoms with Gasteiger partial charge in [-0.05, 0) is 42.5 Å². The van der Waals surface area contributed by atoms with Crippen LogP contribution >= 0.6 is 0 Å². The van der Waals surface area contributed by atoms with Gasteiger partial charge in [0.25, 0.3) is 0 Å². The summed E-state index contributed by atoms with van der Waals surface area (Å²) in [6.45, 7) is 0. The Morgan fingerprint density at radius 1 is 0.871 bits per heavy atom. The van der Waals surface area contributed by atoms with Crippen molar-refractivity contribution >= 4 is 22.0 Å². The molecule has 0 saturated heterocycles. The third-order valence-corrected chi connectivity index (χ3v) is 5.87. The van der Waals surface area contributed by atoms with Crippen LogP contribution in [0.2, 0.25) is 0 Å². The first-order valence-corrected chi connectivity index (χ1v) is 10.6. The highest BCUT2D eigenvalue weighted by Crippen LogP contribution is 2.37. The first-order chi connectivity index (χ1) is 14.9. The van der Waals surface area contributed by atoms with Crippen LogP contribution in [-0.2, 0) is 10.1 Å². The van der Waals surface area contributed by atoms with E-state index in [1.165, 1.54) is 37.4 Å². The van der Waals surface area contributed by atoms with Crippen molar-refractivity contribution in [1.29, 1.82) is 0 Å². The molecule has 8 heteroatoms. The molecule has 31 heavy (non-hydrogen) atoms. The van der Waals surface area contributed by atoms with E-state index in [1.54, 1.807) is 49.6 Å². The van der Waals surface area contributed by atoms with E-state index < -0.39 is 10.1 Å². The standard InChI is InChI=1S/C23H18O7S/c1-27-16-9-8-15(20(13-16)28-2)12-22-23(24)19-11-10-17(14-21(19)29-22)30-31(25,26)18-6-4-3-5-7-18/h3-14H,1-2H3. The third kappa shape index (κ3) is 4.10. The molecule has 0 saturated carbocycles. The average Bonchev–Trinajstić information content (AvgIpc) is 3.09. The van der Waals surface area contributed by atoms with Crippen molar-refractivity contribution < 1.29 is 31.6 Å². The van der Waals surface area contributed by atoms with Gasteiger partial charge in [0, 0.05) is 17.7 Å². The summed E-state index contributed by atoms with van der Waals surface area (Å²) in [6, 6.07) is 17.2. The largest absolute Gasteiger partial charge is 0.497 e. The second kappa shape index (κ2) is 8.16. The molecule has 3 aromatic carbocycles. The van der Waals surface area contributed by atoms with Crippen LogP contribution in [0.5, 0.6) is 23.0 Å². The Hall–Kier alpha value is -3.78. The van der Waals surface area contributed by atoms with Crippen LogP contribution in [0, 0.1) is 0 Å². The molecule has 1 aliphatic rings. The Morgan fingerprint density at radius 2 is 1.61 bits per heavy atom. The topological polar surface area (TPSA) is 88.1 Å². The highest BCUT2D eigenvalue weighted by molar-refractivity contribution is 7.87. The Labute approximate surface area is 179 Å². The molecular weight excluding hydrogens is 420 g/mol. The quantitative estimate of drug-likeness (QED) is 0.423. The van der Waals surface area contributed by atoms with Gasteiger partial charge < -0.3 is 18.4 Å². The SMILES string of the molecule is COc1ccc(C=C2Oc3cc(OS(=O)(=O)c4ccccc4)ccc3C2=O)c(OC)c1. The van der Waals surface area contributed by atoms with Crippen LogP contribution in [0.4, 0.5) is 0 Å². The number of Topliss-reactive ketones (excluding diaryl/α,β-unsaturated/α-hetero) is 1. The van der Waals surface area contributed by atoms with Gasteiger partial charge in [0.15, 0.2) is 5.76 Å². The molecule has 4 rings (SSSR count). The fraction of sp³-hybridized carbons (Fsp3) is 0.0870. The molecular formula is C23H18O7S. The second-order valence-corrected chi connectivity index (χ2v) is 8.10. The van der Waals surface area contributed by atoms with E-state index in [1.807, 2.05) is 0 Å². The zero-order valence-electron chi connectivity index (χ0n) is 16.7. The lowest BCUT2D eigenvalue weighted by Crippen LogP contribution is -2.09. The first kappa shape index (κ1) is 20.5. The average molecular weight is 438 g/mol. The molecule has 0 bridgehead atoms. The van der Waals surface area contributed by atoms with Crippen LogP contribution in [0.15, 0.2) is 77.4 Å². The molecule has 3 aromatic rings. The maximum absolute atomic E-state index is 12.7. The zero-order valence-corrected chi connectivity index (χ0v) is 17.5. The Bertz CT molecular complexity index is 1280. The van der Waals surface area contributed by atoms with Crippen LogP contribution in [-0.4, -0.2) is 28.4 Å². The van der Waals surface area contributed by atoms with Gasteiger partial charge in [0.1, 0.15) is 27.9 Å². The zero-order chi connectivity index (χ0) is 22.0. The van der Waals surface area contributed by atoms with E-state index in [-0.39, 0.29) is 27.9 Å². The Morgan fingerprint density at radius 3 is 2.32 bits per heavy atom. The van der Waals surface area contributed by atoms with Crippen LogP contribution < -0.4 is 18.4 Å². The molecule has 0 unspecified atom stereocenters.